The van der Waals surface area contributed by atoms with E-state index in [0.717, 1.165) is 38.0 Å². The third-order valence-electron chi connectivity index (χ3n) is 6.60. The van der Waals surface area contributed by atoms with E-state index in [4.69, 9.17) is 0 Å². The number of rotatable bonds is 6. The first-order chi connectivity index (χ1) is 14.2. The minimum Gasteiger partial charge on any atom is -0.344 e. The zero-order valence-corrected chi connectivity index (χ0v) is 18.7. The smallest absolute Gasteiger partial charge is 0.274 e. The van der Waals surface area contributed by atoms with Crippen molar-refractivity contribution < 1.29 is 4.79 Å². The van der Waals surface area contributed by atoms with Crippen LogP contribution in [0.1, 0.15) is 85.2 Å². The number of piperidine rings is 1. The number of halogens is 1. The number of hydrogen-bond donors (Lipinski definition) is 2. The Kier molecular flexibility index (Phi) is 8.28. The molecule has 2 N–H and O–H groups in total. The summed E-state index contributed by atoms with van der Waals surface area (Å²) in [6.07, 6.45) is 9.55. The molecule has 1 aliphatic heterocycles. The van der Waals surface area contributed by atoms with Gasteiger partial charge in [0.05, 0.1) is 17.8 Å². The van der Waals surface area contributed by atoms with Gasteiger partial charge in [0.1, 0.15) is 0 Å². The average molecular weight is 432 g/mol. The second-order valence-electron chi connectivity index (χ2n) is 8.63. The van der Waals surface area contributed by atoms with E-state index in [1.165, 1.54) is 37.7 Å². The molecule has 1 saturated heterocycles. The van der Waals surface area contributed by atoms with E-state index in [1.807, 2.05) is 29.8 Å². The maximum Gasteiger partial charge on any atom is 0.274 e. The van der Waals surface area contributed by atoms with Crippen molar-refractivity contribution in [3.8, 4) is 0 Å². The van der Waals surface area contributed by atoms with Gasteiger partial charge in [-0.1, -0.05) is 67.6 Å². The second-order valence-corrected chi connectivity index (χ2v) is 8.63. The molecule has 1 aromatic heterocycles. The molecule has 2 aromatic rings. The van der Waals surface area contributed by atoms with Crippen LogP contribution in [0.15, 0.2) is 30.3 Å². The van der Waals surface area contributed by atoms with Gasteiger partial charge >= 0.3 is 0 Å². The molecule has 0 radical (unpaired) electrons. The lowest BCUT2D eigenvalue weighted by Gasteiger charge is -2.27. The van der Waals surface area contributed by atoms with Crippen molar-refractivity contribution in [1.82, 2.24) is 25.6 Å². The average Bonchev–Trinajstić information content (AvgIpc) is 3.16. The van der Waals surface area contributed by atoms with Crippen LogP contribution in [0.3, 0.4) is 0 Å². The summed E-state index contributed by atoms with van der Waals surface area (Å²) in [5.74, 6) is 0.577. The molecule has 2 aliphatic rings. The Bertz CT molecular complexity index is 797. The van der Waals surface area contributed by atoms with Gasteiger partial charge in [0.15, 0.2) is 5.69 Å². The van der Waals surface area contributed by atoms with Crippen molar-refractivity contribution in [2.75, 3.05) is 13.1 Å². The molecule has 164 valence electrons. The van der Waals surface area contributed by atoms with Gasteiger partial charge in [-0.3, -0.25) is 4.79 Å². The molecule has 1 unspecified atom stereocenters. The molecule has 2 fully saturated rings. The second kappa shape index (κ2) is 10.9. The summed E-state index contributed by atoms with van der Waals surface area (Å²) in [6.45, 7) is 3.95. The van der Waals surface area contributed by atoms with Crippen molar-refractivity contribution in [1.29, 1.82) is 0 Å². The van der Waals surface area contributed by atoms with Gasteiger partial charge in [-0.25, -0.2) is 4.68 Å². The molecule has 0 spiro atoms. The molecule has 1 saturated carbocycles. The van der Waals surface area contributed by atoms with Crippen molar-refractivity contribution >= 4 is 18.3 Å². The SMILES string of the molecule is Cc1c(C(=O)NC(CC2CCCCC2)c2ccccc2)nnn1C1CCNCC1.Cl. The molecule has 4 rings (SSSR count). The fourth-order valence-electron chi connectivity index (χ4n) is 4.90. The predicted molar refractivity (Wildman–Crippen MR) is 121 cm³/mol. The summed E-state index contributed by atoms with van der Waals surface area (Å²) < 4.78 is 1.95. The van der Waals surface area contributed by atoms with Crippen LogP contribution in [0.2, 0.25) is 0 Å². The zero-order valence-electron chi connectivity index (χ0n) is 17.8. The van der Waals surface area contributed by atoms with Crippen molar-refractivity contribution in [2.45, 2.75) is 70.4 Å². The fraction of sp³-hybridized carbons (Fsp3) is 0.609. The van der Waals surface area contributed by atoms with E-state index in [0.29, 0.717) is 17.7 Å². The molecule has 7 heteroatoms. The molecule has 30 heavy (non-hydrogen) atoms. The van der Waals surface area contributed by atoms with Crippen molar-refractivity contribution in [2.24, 2.45) is 5.92 Å². The molecular weight excluding hydrogens is 398 g/mol. The van der Waals surface area contributed by atoms with Gasteiger partial charge in [0, 0.05) is 0 Å². The first-order valence-corrected chi connectivity index (χ1v) is 11.2. The number of carbonyl (C=O) groups excluding carboxylic acids is 1. The Balaban J connectivity index is 0.00000256. The summed E-state index contributed by atoms with van der Waals surface area (Å²) in [5.41, 5.74) is 2.52. The van der Waals surface area contributed by atoms with Crippen LogP contribution in [0.25, 0.3) is 0 Å². The Morgan fingerprint density at radius 2 is 1.83 bits per heavy atom. The van der Waals surface area contributed by atoms with E-state index in [-0.39, 0.29) is 24.4 Å². The van der Waals surface area contributed by atoms with E-state index < -0.39 is 0 Å². The Labute approximate surface area is 185 Å². The highest BCUT2D eigenvalue weighted by Gasteiger charge is 2.26. The van der Waals surface area contributed by atoms with Crippen molar-refractivity contribution in [3.63, 3.8) is 0 Å². The summed E-state index contributed by atoms with van der Waals surface area (Å²) in [6, 6.07) is 10.7. The minimum atomic E-state index is -0.104. The van der Waals surface area contributed by atoms with Crippen LogP contribution >= 0.6 is 12.4 Å². The van der Waals surface area contributed by atoms with Crippen LogP contribution in [-0.2, 0) is 0 Å². The van der Waals surface area contributed by atoms with Crippen LogP contribution in [-0.4, -0.2) is 34.0 Å². The van der Waals surface area contributed by atoms with E-state index in [2.05, 4.69) is 33.1 Å². The molecule has 0 bridgehead atoms. The van der Waals surface area contributed by atoms with E-state index in [1.54, 1.807) is 0 Å². The first-order valence-electron chi connectivity index (χ1n) is 11.2. The third kappa shape index (κ3) is 5.41. The summed E-state index contributed by atoms with van der Waals surface area (Å²) in [4.78, 5) is 13.1. The van der Waals surface area contributed by atoms with E-state index in [9.17, 15) is 4.79 Å². The van der Waals surface area contributed by atoms with Gasteiger partial charge in [-0.2, -0.15) is 0 Å². The number of benzene rings is 1. The quantitative estimate of drug-likeness (QED) is 0.712. The first kappa shape index (κ1) is 22.8. The fourth-order valence-corrected chi connectivity index (χ4v) is 4.90. The highest BCUT2D eigenvalue weighted by atomic mass is 35.5. The van der Waals surface area contributed by atoms with Gasteiger partial charge in [0.2, 0.25) is 0 Å². The monoisotopic (exact) mass is 431 g/mol. The van der Waals surface area contributed by atoms with Crippen LogP contribution in [0, 0.1) is 12.8 Å². The number of carbonyl (C=O) groups is 1. The van der Waals surface area contributed by atoms with Crippen LogP contribution < -0.4 is 10.6 Å². The standard InChI is InChI=1S/C23H33N5O.ClH/c1-17-22(26-27-28(17)20-12-14-24-15-13-20)23(29)25-21(19-10-6-3-7-11-19)16-18-8-4-2-5-9-18;/h3,6-7,10-11,18,20-21,24H,2,4-5,8-9,12-16H2,1H3,(H,25,29);1H. The molecular formula is C23H34ClN5O. The highest BCUT2D eigenvalue weighted by Crippen LogP contribution is 2.32. The lowest BCUT2D eigenvalue weighted by Crippen LogP contribution is -2.32. The largest absolute Gasteiger partial charge is 0.344 e. The molecule has 1 aromatic carbocycles. The predicted octanol–water partition coefficient (Wildman–Crippen LogP) is 4.37. The summed E-state index contributed by atoms with van der Waals surface area (Å²) in [7, 11) is 0. The number of amides is 1. The van der Waals surface area contributed by atoms with Gasteiger partial charge in [-0.15, -0.1) is 17.5 Å². The number of nitrogens with zero attached hydrogens (tertiary/aromatic N) is 3. The van der Waals surface area contributed by atoms with E-state index >= 15 is 0 Å². The lowest BCUT2D eigenvalue weighted by molar-refractivity contribution is 0.0922. The number of hydrogen-bond acceptors (Lipinski definition) is 4. The lowest BCUT2D eigenvalue weighted by atomic mass is 9.83. The Morgan fingerprint density at radius 1 is 1.13 bits per heavy atom. The van der Waals surface area contributed by atoms with Crippen molar-refractivity contribution in [3.05, 3.63) is 47.3 Å². The maximum absolute atomic E-state index is 13.1. The topological polar surface area (TPSA) is 71.8 Å². The van der Waals surface area contributed by atoms with Gasteiger partial charge < -0.3 is 10.6 Å². The normalized spacial score (nSPS) is 19.1. The molecule has 1 amide bonds. The maximum atomic E-state index is 13.1. The minimum absolute atomic E-state index is 0. The number of nitrogens with one attached hydrogen (secondary N) is 2. The zero-order chi connectivity index (χ0) is 20.1. The Morgan fingerprint density at radius 3 is 2.53 bits per heavy atom. The van der Waals surface area contributed by atoms with Gasteiger partial charge in [-0.05, 0) is 50.8 Å². The highest BCUT2D eigenvalue weighted by molar-refractivity contribution is 5.93. The summed E-state index contributed by atoms with van der Waals surface area (Å²) in [5, 5.41) is 15.3. The molecule has 2 heterocycles. The Hall–Kier alpha value is -1.92. The van der Waals surface area contributed by atoms with Crippen LogP contribution in [0.4, 0.5) is 0 Å². The molecule has 1 atom stereocenters. The summed E-state index contributed by atoms with van der Waals surface area (Å²) >= 11 is 0. The molecule has 6 nitrogen and oxygen atoms in total. The van der Waals surface area contributed by atoms with Crippen LogP contribution in [0.5, 0.6) is 0 Å². The third-order valence-corrected chi connectivity index (χ3v) is 6.60. The molecule has 1 aliphatic carbocycles. The number of aromatic nitrogens is 3. The van der Waals surface area contributed by atoms with Gasteiger partial charge in [0.25, 0.3) is 5.91 Å².